The van der Waals surface area contributed by atoms with Gasteiger partial charge >= 0.3 is 0 Å². The molecule has 128 valence electrons. The van der Waals surface area contributed by atoms with Crippen molar-refractivity contribution in [3.63, 3.8) is 0 Å². The molecule has 26 heavy (non-hydrogen) atoms. The van der Waals surface area contributed by atoms with Gasteiger partial charge in [0.05, 0.1) is 11.6 Å². The van der Waals surface area contributed by atoms with E-state index >= 15 is 0 Å². The fraction of sp³-hybridized carbons (Fsp3) is 0.0526. The van der Waals surface area contributed by atoms with E-state index in [0.29, 0.717) is 22.2 Å². The normalized spacial score (nSPS) is 10.0. The van der Waals surface area contributed by atoms with E-state index in [0.717, 1.165) is 11.3 Å². The second kappa shape index (κ2) is 7.64. The Hall–Kier alpha value is -3.43. The lowest BCUT2D eigenvalue weighted by Gasteiger charge is -2.10. The van der Waals surface area contributed by atoms with Crippen LogP contribution in [0.1, 0.15) is 21.6 Å². The van der Waals surface area contributed by atoms with Gasteiger partial charge in [-0.25, -0.2) is 9.97 Å². The highest BCUT2D eigenvalue weighted by Gasteiger charge is 2.10. The van der Waals surface area contributed by atoms with Gasteiger partial charge in [-0.15, -0.1) is 0 Å². The summed E-state index contributed by atoms with van der Waals surface area (Å²) in [6.07, 6.45) is 1.50. The average Bonchev–Trinajstić information content (AvgIpc) is 2.65. The number of amides is 1. The van der Waals surface area contributed by atoms with Crippen LogP contribution in [0.3, 0.4) is 0 Å². The molecule has 0 saturated carbocycles. The fourth-order valence-electron chi connectivity index (χ4n) is 2.22. The number of nitrogens with one attached hydrogen (secondary N) is 2. The van der Waals surface area contributed by atoms with Crippen molar-refractivity contribution in [1.82, 2.24) is 9.97 Å². The van der Waals surface area contributed by atoms with Crippen molar-refractivity contribution in [1.29, 1.82) is 5.26 Å². The molecule has 0 bridgehead atoms. The highest BCUT2D eigenvalue weighted by Crippen LogP contribution is 2.22. The van der Waals surface area contributed by atoms with Crippen molar-refractivity contribution < 1.29 is 4.79 Å². The largest absolute Gasteiger partial charge is 0.324 e. The van der Waals surface area contributed by atoms with Crippen LogP contribution in [0.5, 0.6) is 0 Å². The van der Waals surface area contributed by atoms with Crippen molar-refractivity contribution in [3.05, 3.63) is 76.6 Å². The number of rotatable bonds is 4. The van der Waals surface area contributed by atoms with Gasteiger partial charge < -0.3 is 10.6 Å². The lowest BCUT2D eigenvalue weighted by molar-refractivity contribution is 0.102. The second-order valence-electron chi connectivity index (χ2n) is 5.49. The van der Waals surface area contributed by atoms with Gasteiger partial charge in [0.2, 0.25) is 5.95 Å². The average molecular weight is 364 g/mol. The van der Waals surface area contributed by atoms with E-state index in [9.17, 15) is 4.79 Å². The van der Waals surface area contributed by atoms with Crippen molar-refractivity contribution in [3.8, 4) is 6.07 Å². The van der Waals surface area contributed by atoms with E-state index in [2.05, 4.69) is 20.6 Å². The smallest absolute Gasteiger partial charge is 0.274 e. The molecule has 0 atom stereocenters. The van der Waals surface area contributed by atoms with Crippen LogP contribution in [-0.2, 0) is 0 Å². The van der Waals surface area contributed by atoms with Crippen LogP contribution in [-0.4, -0.2) is 15.9 Å². The minimum Gasteiger partial charge on any atom is -0.324 e. The van der Waals surface area contributed by atoms with E-state index in [1.807, 2.05) is 19.1 Å². The number of hydrogen-bond donors (Lipinski definition) is 2. The summed E-state index contributed by atoms with van der Waals surface area (Å²) in [5, 5.41) is 15.2. The Morgan fingerprint density at radius 2 is 1.92 bits per heavy atom. The molecule has 1 aromatic heterocycles. The molecule has 1 heterocycles. The van der Waals surface area contributed by atoms with E-state index in [1.165, 1.54) is 12.3 Å². The molecular formula is C19H14ClN5O. The zero-order valence-corrected chi connectivity index (χ0v) is 14.6. The van der Waals surface area contributed by atoms with Crippen LogP contribution in [0.15, 0.2) is 54.7 Å². The molecule has 0 aliphatic carbocycles. The van der Waals surface area contributed by atoms with Gasteiger partial charge in [-0.3, -0.25) is 4.79 Å². The minimum absolute atomic E-state index is 0.214. The summed E-state index contributed by atoms with van der Waals surface area (Å²) in [6, 6.07) is 15.6. The van der Waals surface area contributed by atoms with E-state index < -0.39 is 0 Å². The van der Waals surface area contributed by atoms with E-state index in [1.54, 1.807) is 36.4 Å². The third-order valence-electron chi connectivity index (χ3n) is 3.61. The highest BCUT2D eigenvalue weighted by atomic mass is 35.5. The summed E-state index contributed by atoms with van der Waals surface area (Å²) in [4.78, 5) is 20.8. The fourth-order valence-corrected chi connectivity index (χ4v) is 2.39. The zero-order chi connectivity index (χ0) is 18.5. The Labute approximate surface area is 155 Å². The Balaban J connectivity index is 1.76. The van der Waals surface area contributed by atoms with Crippen LogP contribution in [0.4, 0.5) is 17.3 Å². The summed E-state index contributed by atoms with van der Waals surface area (Å²) >= 11 is 6.01. The quantitative estimate of drug-likeness (QED) is 0.720. The molecule has 0 aliphatic rings. The molecule has 0 aliphatic heterocycles. The number of carbonyl (C=O) groups is 1. The van der Waals surface area contributed by atoms with Crippen LogP contribution in [0.2, 0.25) is 5.02 Å². The number of halogens is 1. The maximum absolute atomic E-state index is 12.4. The molecule has 2 N–H and O–H groups in total. The third kappa shape index (κ3) is 4.15. The Morgan fingerprint density at radius 3 is 2.65 bits per heavy atom. The number of nitriles is 1. The predicted octanol–water partition coefficient (Wildman–Crippen LogP) is 4.31. The molecule has 3 rings (SSSR count). The van der Waals surface area contributed by atoms with Gasteiger partial charge in [0.25, 0.3) is 5.91 Å². The molecule has 0 saturated heterocycles. The van der Waals surface area contributed by atoms with Gasteiger partial charge in [0.1, 0.15) is 5.69 Å². The molecule has 0 radical (unpaired) electrons. The second-order valence-corrected chi connectivity index (χ2v) is 5.93. The minimum atomic E-state index is -0.372. The topological polar surface area (TPSA) is 90.7 Å². The number of nitrogens with zero attached hydrogens (tertiary/aromatic N) is 3. The third-order valence-corrected chi connectivity index (χ3v) is 3.84. The van der Waals surface area contributed by atoms with Gasteiger partial charge in [0.15, 0.2) is 0 Å². The van der Waals surface area contributed by atoms with Crippen LogP contribution < -0.4 is 10.6 Å². The van der Waals surface area contributed by atoms with Crippen LogP contribution in [0, 0.1) is 18.3 Å². The number of hydrogen-bond acceptors (Lipinski definition) is 5. The van der Waals surface area contributed by atoms with Crippen LogP contribution >= 0.6 is 11.6 Å². The standard InChI is InChI=1S/C19H14ClN5O/c1-12-2-5-14(20)10-17(12)25-19-22-9-8-16(24-19)18(26)23-15-6-3-13(11-21)4-7-15/h2-10H,1H3,(H,23,26)(H,22,24,25). The molecule has 7 heteroatoms. The van der Waals surface area contributed by atoms with Crippen molar-refractivity contribution in [2.24, 2.45) is 0 Å². The summed E-state index contributed by atoms with van der Waals surface area (Å²) in [5.74, 6) is -0.0779. The maximum atomic E-state index is 12.4. The van der Waals surface area contributed by atoms with Crippen molar-refractivity contribution >= 4 is 34.8 Å². The Morgan fingerprint density at radius 1 is 1.15 bits per heavy atom. The van der Waals surface area contributed by atoms with Gasteiger partial charge in [-0.2, -0.15) is 5.26 Å². The molecule has 0 fully saturated rings. The number of aryl methyl sites for hydroxylation is 1. The van der Waals surface area contributed by atoms with Gasteiger partial charge in [-0.05, 0) is 55.0 Å². The predicted molar refractivity (Wildman–Crippen MR) is 101 cm³/mol. The maximum Gasteiger partial charge on any atom is 0.274 e. The molecule has 0 spiro atoms. The first-order chi connectivity index (χ1) is 12.5. The van der Waals surface area contributed by atoms with Crippen molar-refractivity contribution in [2.45, 2.75) is 6.92 Å². The number of anilines is 3. The molecule has 2 aromatic carbocycles. The lowest BCUT2D eigenvalue weighted by Crippen LogP contribution is -2.14. The molecule has 0 unspecified atom stereocenters. The Kier molecular flexibility index (Phi) is 5.11. The number of benzene rings is 2. The summed E-state index contributed by atoms with van der Waals surface area (Å²) in [5.41, 5.74) is 3.06. The summed E-state index contributed by atoms with van der Waals surface area (Å²) < 4.78 is 0. The molecular weight excluding hydrogens is 350 g/mol. The molecule has 3 aromatic rings. The number of carbonyl (C=O) groups excluding carboxylic acids is 1. The van der Waals surface area contributed by atoms with Gasteiger partial charge in [0, 0.05) is 22.6 Å². The monoisotopic (exact) mass is 363 g/mol. The molecule has 6 nitrogen and oxygen atoms in total. The van der Waals surface area contributed by atoms with E-state index in [4.69, 9.17) is 16.9 Å². The van der Waals surface area contributed by atoms with E-state index in [-0.39, 0.29) is 11.6 Å². The SMILES string of the molecule is Cc1ccc(Cl)cc1Nc1nccc(C(=O)Nc2ccc(C#N)cc2)n1. The summed E-state index contributed by atoms with van der Waals surface area (Å²) in [7, 11) is 0. The first-order valence-electron chi connectivity index (χ1n) is 7.73. The zero-order valence-electron chi connectivity index (χ0n) is 13.8. The summed E-state index contributed by atoms with van der Waals surface area (Å²) in [6.45, 7) is 1.93. The first kappa shape index (κ1) is 17.4. The van der Waals surface area contributed by atoms with Crippen molar-refractivity contribution in [2.75, 3.05) is 10.6 Å². The lowest BCUT2D eigenvalue weighted by atomic mass is 10.2. The van der Waals surface area contributed by atoms with Gasteiger partial charge in [-0.1, -0.05) is 17.7 Å². The molecule has 1 amide bonds. The number of aromatic nitrogens is 2. The van der Waals surface area contributed by atoms with Crippen LogP contribution in [0.25, 0.3) is 0 Å². The first-order valence-corrected chi connectivity index (χ1v) is 8.11. The Bertz CT molecular complexity index is 996. The highest BCUT2D eigenvalue weighted by molar-refractivity contribution is 6.30.